The lowest BCUT2D eigenvalue weighted by atomic mass is 9.98. The standard InChI is InChI=1S/C32H39N5O3/c1-32(2,39)15-19-7-8-20-13-26(36(25(20)11-19)16-18-5-6-18)30-34-23-12-22(14-27(40-4)29(23)35(30)3)31(38)37-17-21-9-10-24(37)28(21)33/h7-8,11-14,18,21,24,28,39H,5-6,9-10,15-17,33H2,1-4H3/t21-,24-,28-/m1/s1. The third-order valence-electron chi connectivity index (χ3n) is 9.29. The highest BCUT2D eigenvalue weighted by molar-refractivity contribution is 6.00. The first-order valence-electron chi connectivity index (χ1n) is 14.6. The van der Waals surface area contributed by atoms with Crippen molar-refractivity contribution in [2.45, 2.75) is 70.2 Å². The number of aryl methyl sites for hydroxylation is 1. The second-order valence-corrected chi connectivity index (χ2v) is 12.9. The van der Waals surface area contributed by atoms with Crippen molar-refractivity contribution in [1.82, 2.24) is 19.0 Å². The lowest BCUT2D eigenvalue weighted by Gasteiger charge is -2.27. The first-order valence-corrected chi connectivity index (χ1v) is 14.6. The number of benzene rings is 2. The van der Waals surface area contributed by atoms with Gasteiger partial charge in [0.05, 0.1) is 23.9 Å². The molecule has 0 radical (unpaired) electrons. The highest BCUT2D eigenvalue weighted by Crippen LogP contribution is 2.40. The molecule has 3 N–H and O–H groups in total. The number of fused-ring (bicyclic) bond motifs is 4. The van der Waals surface area contributed by atoms with E-state index in [9.17, 15) is 9.90 Å². The Balaban J connectivity index is 1.33. The molecule has 3 heterocycles. The van der Waals surface area contributed by atoms with Crippen molar-refractivity contribution in [3.63, 3.8) is 0 Å². The van der Waals surface area contributed by atoms with E-state index in [1.165, 1.54) is 18.4 Å². The van der Waals surface area contributed by atoms with Crippen molar-refractivity contribution >= 4 is 27.8 Å². The highest BCUT2D eigenvalue weighted by atomic mass is 16.5. The van der Waals surface area contributed by atoms with Crippen LogP contribution in [0.5, 0.6) is 5.75 Å². The van der Waals surface area contributed by atoms with E-state index < -0.39 is 5.60 Å². The maximum atomic E-state index is 13.6. The molecular formula is C32H39N5O3. The predicted octanol–water partition coefficient (Wildman–Crippen LogP) is 4.49. The van der Waals surface area contributed by atoms with Crippen LogP contribution in [0.2, 0.25) is 0 Å². The van der Waals surface area contributed by atoms with E-state index in [4.69, 9.17) is 15.5 Å². The Bertz CT molecular complexity index is 1640. The number of ether oxygens (including phenoxy) is 1. The van der Waals surface area contributed by atoms with Gasteiger partial charge in [0.1, 0.15) is 11.3 Å². The Kier molecular flexibility index (Phi) is 5.81. The number of methoxy groups -OCH3 is 1. The van der Waals surface area contributed by atoms with Crippen molar-refractivity contribution in [2.24, 2.45) is 24.6 Å². The maximum absolute atomic E-state index is 13.6. The number of aromatic nitrogens is 3. The second kappa shape index (κ2) is 9.08. The van der Waals surface area contributed by atoms with Crippen molar-refractivity contribution in [3.8, 4) is 17.3 Å². The van der Waals surface area contributed by atoms with Crippen LogP contribution < -0.4 is 10.5 Å². The molecule has 2 bridgehead atoms. The van der Waals surface area contributed by atoms with Crippen LogP contribution in [0.1, 0.15) is 55.5 Å². The first kappa shape index (κ1) is 25.6. The Morgan fingerprint density at radius 2 is 1.95 bits per heavy atom. The summed E-state index contributed by atoms with van der Waals surface area (Å²) in [6, 6.07) is 12.7. The number of hydrogen-bond acceptors (Lipinski definition) is 5. The van der Waals surface area contributed by atoms with Crippen LogP contribution in [0, 0.1) is 11.8 Å². The molecular weight excluding hydrogens is 502 g/mol. The zero-order valence-corrected chi connectivity index (χ0v) is 23.9. The van der Waals surface area contributed by atoms with Gasteiger partial charge in [0, 0.05) is 55.1 Å². The number of hydrogen-bond donors (Lipinski definition) is 2. The molecule has 8 heteroatoms. The average Bonchev–Trinajstić information content (AvgIpc) is 3.32. The third kappa shape index (κ3) is 4.20. The summed E-state index contributed by atoms with van der Waals surface area (Å²) in [6.07, 6.45) is 5.17. The molecule has 0 spiro atoms. The number of imidazole rings is 1. The molecule has 3 fully saturated rings. The van der Waals surface area contributed by atoms with E-state index in [0.29, 0.717) is 29.6 Å². The molecule has 7 rings (SSSR count). The van der Waals surface area contributed by atoms with E-state index in [0.717, 1.165) is 59.4 Å². The minimum Gasteiger partial charge on any atom is -0.494 e. The van der Waals surface area contributed by atoms with Gasteiger partial charge in [-0.05, 0) is 81.2 Å². The molecule has 1 saturated heterocycles. The molecule has 3 aliphatic rings. The fourth-order valence-electron chi connectivity index (χ4n) is 7.12. The quantitative estimate of drug-likeness (QED) is 0.359. The fraction of sp³-hybridized carbons (Fsp3) is 0.500. The number of nitrogens with zero attached hydrogens (tertiary/aromatic N) is 4. The molecule has 8 nitrogen and oxygen atoms in total. The monoisotopic (exact) mass is 541 g/mol. The van der Waals surface area contributed by atoms with Crippen LogP contribution in [0.25, 0.3) is 33.5 Å². The Morgan fingerprint density at radius 1 is 1.15 bits per heavy atom. The minimum atomic E-state index is -0.771. The zero-order chi connectivity index (χ0) is 27.9. The first-order chi connectivity index (χ1) is 19.1. The van der Waals surface area contributed by atoms with Gasteiger partial charge >= 0.3 is 0 Å². The molecule has 2 aromatic heterocycles. The van der Waals surface area contributed by atoms with Crippen LogP contribution in [0.15, 0.2) is 36.4 Å². The zero-order valence-electron chi connectivity index (χ0n) is 23.9. The molecule has 40 heavy (non-hydrogen) atoms. The SMILES string of the molecule is COc1cc(C(=O)N2C[C@H]3CC[C@@H]2[C@@H]3N)cc2nc(-c3cc4ccc(CC(C)(C)O)cc4n3CC3CC3)n(C)c12. The van der Waals surface area contributed by atoms with Gasteiger partial charge in [0.25, 0.3) is 5.91 Å². The highest BCUT2D eigenvalue weighted by Gasteiger charge is 2.47. The molecule has 2 saturated carbocycles. The van der Waals surface area contributed by atoms with Gasteiger partial charge in [-0.2, -0.15) is 0 Å². The van der Waals surface area contributed by atoms with Crippen molar-refractivity contribution < 1.29 is 14.6 Å². The summed E-state index contributed by atoms with van der Waals surface area (Å²) in [5.41, 5.74) is 11.2. The summed E-state index contributed by atoms with van der Waals surface area (Å²) < 4.78 is 10.3. The summed E-state index contributed by atoms with van der Waals surface area (Å²) in [4.78, 5) is 20.7. The van der Waals surface area contributed by atoms with E-state index in [1.54, 1.807) is 7.11 Å². The fourth-order valence-corrected chi connectivity index (χ4v) is 7.12. The van der Waals surface area contributed by atoms with Crippen molar-refractivity contribution in [1.29, 1.82) is 0 Å². The minimum absolute atomic E-state index is 0.0113. The largest absolute Gasteiger partial charge is 0.494 e. The van der Waals surface area contributed by atoms with Crippen molar-refractivity contribution in [2.75, 3.05) is 13.7 Å². The Morgan fingerprint density at radius 3 is 2.60 bits per heavy atom. The molecule has 210 valence electrons. The molecule has 3 atom stereocenters. The van der Waals surface area contributed by atoms with E-state index in [1.807, 2.05) is 37.9 Å². The summed E-state index contributed by atoms with van der Waals surface area (Å²) in [6.45, 7) is 5.36. The van der Waals surface area contributed by atoms with Crippen LogP contribution in [0.3, 0.4) is 0 Å². The van der Waals surface area contributed by atoms with E-state index >= 15 is 0 Å². The number of likely N-dealkylation sites (tertiary alicyclic amines) is 1. The Labute approximate surface area is 234 Å². The van der Waals surface area contributed by atoms with E-state index in [-0.39, 0.29) is 18.0 Å². The van der Waals surface area contributed by atoms with Crippen LogP contribution >= 0.6 is 0 Å². The summed E-state index contributed by atoms with van der Waals surface area (Å²) in [5, 5.41) is 11.6. The summed E-state index contributed by atoms with van der Waals surface area (Å²) in [5.74, 6) is 2.58. The molecule has 4 aromatic rings. The predicted molar refractivity (Wildman–Crippen MR) is 156 cm³/mol. The van der Waals surface area contributed by atoms with Gasteiger partial charge in [-0.25, -0.2) is 4.98 Å². The topological polar surface area (TPSA) is 98.5 Å². The summed E-state index contributed by atoms with van der Waals surface area (Å²) in [7, 11) is 3.67. The number of aliphatic hydroxyl groups is 1. The van der Waals surface area contributed by atoms with Gasteiger partial charge < -0.3 is 29.6 Å². The van der Waals surface area contributed by atoms with Gasteiger partial charge in [0.2, 0.25) is 0 Å². The normalized spacial score (nSPS) is 22.6. The molecule has 1 aliphatic heterocycles. The lowest BCUT2D eigenvalue weighted by Crippen LogP contribution is -2.41. The van der Waals surface area contributed by atoms with E-state index in [2.05, 4.69) is 33.4 Å². The van der Waals surface area contributed by atoms with Gasteiger partial charge in [-0.1, -0.05) is 12.1 Å². The van der Waals surface area contributed by atoms with Crippen LogP contribution in [0.4, 0.5) is 0 Å². The number of carbonyl (C=O) groups is 1. The average molecular weight is 542 g/mol. The molecule has 2 aromatic carbocycles. The van der Waals surface area contributed by atoms with Crippen LogP contribution in [-0.4, -0.2) is 61.4 Å². The summed E-state index contributed by atoms with van der Waals surface area (Å²) >= 11 is 0. The third-order valence-corrected chi connectivity index (χ3v) is 9.29. The van der Waals surface area contributed by atoms with Gasteiger partial charge in [-0.15, -0.1) is 0 Å². The number of amides is 1. The van der Waals surface area contributed by atoms with Crippen molar-refractivity contribution in [3.05, 3.63) is 47.5 Å². The lowest BCUT2D eigenvalue weighted by molar-refractivity contribution is 0.0700. The molecule has 0 unspecified atom stereocenters. The number of nitrogens with two attached hydrogens (primary N) is 1. The second-order valence-electron chi connectivity index (χ2n) is 12.9. The number of piperidine rings is 1. The maximum Gasteiger partial charge on any atom is 0.254 e. The Hall–Kier alpha value is -3.36. The number of carbonyl (C=O) groups excluding carboxylic acids is 1. The smallest absolute Gasteiger partial charge is 0.254 e. The van der Waals surface area contributed by atoms with Gasteiger partial charge in [-0.3, -0.25) is 4.79 Å². The molecule has 2 aliphatic carbocycles. The van der Waals surface area contributed by atoms with Gasteiger partial charge in [0.15, 0.2) is 5.82 Å². The number of rotatable bonds is 7. The molecule has 1 amide bonds. The van der Waals surface area contributed by atoms with Crippen LogP contribution in [-0.2, 0) is 20.0 Å².